The first kappa shape index (κ1) is 11.1. The lowest BCUT2D eigenvalue weighted by atomic mass is 10.1. The van der Waals surface area contributed by atoms with Crippen molar-refractivity contribution < 1.29 is 4.74 Å². The number of hydrogen-bond acceptors (Lipinski definition) is 2. The van der Waals surface area contributed by atoms with E-state index in [1.54, 1.807) is 12.4 Å². The first-order valence-electron chi connectivity index (χ1n) is 5.49. The fourth-order valence-corrected chi connectivity index (χ4v) is 1.36. The van der Waals surface area contributed by atoms with Crippen molar-refractivity contribution in [3.8, 4) is 0 Å². The summed E-state index contributed by atoms with van der Waals surface area (Å²) in [5.41, 5.74) is 3.69. The number of allylic oxidation sites excluding steroid dienone is 1. The molecule has 14 heavy (non-hydrogen) atoms. The van der Waals surface area contributed by atoms with Gasteiger partial charge in [0.15, 0.2) is 5.76 Å². The molecular weight excluding hydrogens is 176 g/mol. The summed E-state index contributed by atoms with van der Waals surface area (Å²) < 4.78 is 5.43. The third-order valence-electron chi connectivity index (χ3n) is 2.20. The molecule has 0 aliphatic carbocycles. The Bertz CT molecular complexity index is 199. The number of unbranched alkanes of at least 4 members (excludes halogenated alkanes) is 5. The number of ether oxygens (including phenoxy) is 1. The van der Waals surface area contributed by atoms with Crippen LogP contribution in [0.1, 0.15) is 45.4 Å². The molecule has 0 spiro atoms. The van der Waals surface area contributed by atoms with Crippen molar-refractivity contribution in [2.45, 2.75) is 45.4 Å². The Kier molecular flexibility index (Phi) is 5.87. The third-order valence-corrected chi connectivity index (χ3v) is 2.20. The van der Waals surface area contributed by atoms with Crippen molar-refractivity contribution in [3.05, 3.63) is 12.0 Å². The van der Waals surface area contributed by atoms with Gasteiger partial charge in [-0.1, -0.05) is 39.0 Å². The van der Waals surface area contributed by atoms with Crippen LogP contribution < -0.4 is 5.43 Å². The third kappa shape index (κ3) is 4.90. The summed E-state index contributed by atoms with van der Waals surface area (Å²) in [4.78, 5) is 0. The van der Waals surface area contributed by atoms with Gasteiger partial charge >= 0.3 is 0 Å². The fraction of sp³-hybridized carbons (Fsp3) is 0.727. The molecule has 0 fully saturated rings. The zero-order valence-corrected chi connectivity index (χ0v) is 8.91. The molecule has 0 aromatic rings. The second-order valence-corrected chi connectivity index (χ2v) is 3.51. The van der Waals surface area contributed by atoms with Crippen LogP contribution in [-0.4, -0.2) is 12.8 Å². The van der Waals surface area contributed by atoms with E-state index in [1.165, 1.54) is 32.1 Å². The smallest absolute Gasteiger partial charge is 0.159 e. The first-order valence-corrected chi connectivity index (χ1v) is 5.49. The van der Waals surface area contributed by atoms with Gasteiger partial charge in [-0.2, -0.15) is 10.5 Å². The van der Waals surface area contributed by atoms with Crippen LogP contribution in [0.4, 0.5) is 0 Å². The molecule has 0 aromatic carbocycles. The Balaban J connectivity index is 1.82. The predicted octanol–water partition coefficient (Wildman–Crippen LogP) is 2.81. The van der Waals surface area contributed by atoms with Gasteiger partial charge in [-0.15, -0.1) is 0 Å². The van der Waals surface area contributed by atoms with Crippen LogP contribution in [0.3, 0.4) is 0 Å². The van der Waals surface area contributed by atoms with Crippen molar-refractivity contribution >= 4 is 6.21 Å². The molecule has 1 radical (unpaired) electrons. The maximum atomic E-state index is 5.43. The molecule has 0 bridgehead atoms. The Hall–Kier alpha value is -0.990. The Morgan fingerprint density at radius 2 is 1.93 bits per heavy atom. The SMILES string of the molecule is CCCCCCCCOC1=C[N]N=C1. The summed E-state index contributed by atoms with van der Waals surface area (Å²) in [5.74, 6) is 0.790. The molecule has 0 N–H and O–H groups in total. The summed E-state index contributed by atoms with van der Waals surface area (Å²) in [6.45, 7) is 3.03. The van der Waals surface area contributed by atoms with Crippen LogP contribution in [0, 0.1) is 0 Å². The topological polar surface area (TPSA) is 35.7 Å². The monoisotopic (exact) mass is 195 g/mol. The van der Waals surface area contributed by atoms with Crippen LogP contribution >= 0.6 is 0 Å². The highest BCUT2D eigenvalue weighted by atomic mass is 16.5. The van der Waals surface area contributed by atoms with Gasteiger partial charge in [-0.05, 0) is 6.42 Å². The van der Waals surface area contributed by atoms with Gasteiger partial charge in [0.1, 0.15) is 0 Å². The lowest BCUT2D eigenvalue weighted by molar-refractivity contribution is 0.224. The van der Waals surface area contributed by atoms with Gasteiger partial charge in [-0.25, -0.2) is 0 Å². The lowest BCUT2D eigenvalue weighted by Crippen LogP contribution is -1.94. The number of hydrogen-bond donors (Lipinski definition) is 0. The second-order valence-electron chi connectivity index (χ2n) is 3.51. The van der Waals surface area contributed by atoms with E-state index in [0.29, 0.717) is 0 Å². The van der Waals surface area contributed by atoms with E-state index < -0.39 is 0 Å². The maximum absolute atomic E-state index is 5.43. The van der Waals surface area contributed by atoms with E-state index in [4.69, 9.17) is 4.74 Å². The summed E-state index contributed by atoms with van der Waals surface area (Å²) in [7, 11) is 0. The van der Waals surface area contributed by atoms with Gasteiger partial charge in [-0.3, -0.25) is 0 Å². The molecule has 0 unspecified atom stereocenters. The lowest BCUT2D eigenvalue weighted by Gasteiger charge is -2.03. The van der Waals surface area contributed by atoms with Crippen LogP contribution in [0.2, 0.25) is 0 Å². The Morgan fingerprint density at radius 3 is 2.64 bits per heavy atom. The number of nitrogens with zero attached hydrogens (tertiary/aromatic N) is 2. The normalized spacial score (nSPS) is 13.9. The molecule has 1 rings (SSSR count). The molecule has 0 saturated heterocycles. The summed E-state index contributed by atoms with van der Waals surface area (Å²) in [6, 6.07) is 0. The standard InChI is InChI=1S/C11H19N2O/c1-2-3-4-5-6-7-8-14-11-9-12-13-10-11/h9-10H,2-8H2,1H3. The highest BCUT2D eigenvalue weighted by molar-refractivity contribution is 5.77. The molecule has 0 saturated carbocycles. The quantitative estimate of drug-likeness (QED) is 0.548. The molecule has 0 atom stereocenters. The molecule has 1 aliphatic heterocycles. The van der Waals surface area contributed by atoms with Gasteiger partial charge < -0.3 is 4.74 Å². The Morgan fingerprint density at radius 1 is 1.14 bits per heavy atom. The van der Waals surface area contributed by atoms with Gasteiger partial charge in [0.05, 0.1) is 19.0 Å². The van der Waals surface area contributed by atoms with Gasteiger partial charge in [0.2, 0.25) is 0 Å². The fourth-order valence-electron chi connectivity index (χ4n) is 1.36. The van der Waals surface area contributed by atoms with E-state index in [1.807, 2.05) is 0 Å². The van der Waals surface area contributed by atoms with Crippen molar-refractivity contribution in [3.63, 3.8) is 0 Å². The zero-order chi connectivity index (χ0) is 10.1. The Labute approximate surface area is 86.2 Å². The largest absolute Gasteiger partial charge is 0.490 e. The average molecular weight is 195 g/mol. The van der Waals surface area contributed by atoms with Crippen LogP contribution in [0.5, 0.6) is 0 Å². The molecule has 79 valence electrons. The van der Waals surface area contributed by atoms with E-state index in [9.17, 15) is 0 Å². The summed E-state index contributed by atoms with van der Waals surface area (Å²) >= 11 is 0. The maximum Gasteiger partial charge on any atom is 0.159 e. The summed E-state index contributed by atoms with van der Waals surface area (Å²) in [6.07, 6.45) is 11.0. The molecule has 1 heterocycles. The first-order chi connectivity index (χ1) is 6.93. The minimum absolute atomic E-state index is 0.790. The minimum atomic E-state index is 0.790. The molecule has 0 aromatic heterocycles. The second kappa shape index (κ2) is 7.42. The zero-order valence-electron chi connectivity index (χ0n) is 8.91. The molecular formula is C11H19N2O. The van der Waals surface area contributed by atoms with E-state index >= 15 is 0 Å². The van der Waals surface area contributed by atoms with Gasteiger partial charge in [0.25, 0.3) is 0 Å². The van der Waals surface area contributed by atoms with Crippen molar-refractivity contribution in [2.24, 2.45) is 5.10 Å². The highest BCUT2D eigenvalue weighted by Crippen LogP contribution is 2.06. The molecule has 1 aliphatic rings. The molecule has 0 amide bonds. The van der Waals surface area contributed by atoms with Crippen molar-refractivity contribution in [2.75, 3.05) is 6.61 Å². The molecule has 3 nitrogen and oxygen atoms in total. The van der Waals surface area contributed by atoms with Crippen molar-refractivity contribution in [1.82, 2.24) is 5.43 Å². The van der Waals surface area contributed by atoms with E-state index in [0.717, 1.165) is 18.8 Å². The highest BCUT2D eigenvalue weighted by Gasteiger charge is 1.99. The van der Waals surface area contributed by atoms with E-state index in [2.05, 4.69) is 17.5 Å². The number of rotatable bonds is 8. The average Bonchev–Trinajstić information content (AvgIpc) is 2.69. The van der Waals surface area contributed by atoms with E-state index in [-0.39, 0.29) is 0 Å². The van der Waals surface area contributed by atoms with Crippen LogP contribution in [0.15, 0.2) is 17.1 Å². The van der Waals surface area contributed by atoms with Crippen LogP contribution in [-0.2, 0) is 4.74 Å². The molecule has 3 heteroatoms. The van der Waals surface area contributed by atoms with Crippen LogP contribution in [0.25, 0.3) is 0 Å². The predicted molar refractivity (Wildman–Crippen MR) is 58.0 cm³/mol. The van der Waals surface area contributed by atoms with Crippen molar-refractivity contribution in [1.29, 1.82) is 0 Å². The minimum Gasteiger partial charge on any atom is -0.490 e. The summed E-state index contributed by atoms with van der Waals surface area (Å²) in [5, 5.41) is 3.69. The van der Waals surface area contributed by atoms with Gasteiger partial charge in [0, 0.05) is 0 Å².